The Hall–Kier alpha value is -1.63. The zero-order chi connectivity index (χ0) is 12.6. The Labute approximate surface area is 100 Å². The van der Waals surface area contributed by atoms with Crippen molar-refractivity contribution in [3.05, 3.63) is 23.0 Å². The van der Waals surface area contributed by atoms with Gasteiger partial charge in [-0.1, -0.05) is 11.6 Å². The van der Waals surface area contributed by atoms with Crippen LogP contribution in [0.1, 0.15) is 0 Å². The standard InChI is InChI=1S/C9H8ClF3N4/c10-5-1-6(11)8(2-7(5)14)17-4-16(3-15-17)9(12)13/h1-3,9H,4,14H2. The van der Waals surface area contributed by atoms with E-state index in [0.29, 0.717) is 4.90 Å². The fourth-order valence-corrected chi connectivity index (χ4v) is 1.51. The van der Waals surface area contributed by atoms with Gasteiger partial charge in [0.25, 0.3) is 0 Å². The molecule has 0 spiro atoms. The smallest absolute Gasteiger partial charge is 0.317 e. The maximum atomic E-state index is 13.5. The summed E-state index contributed by atoms with van der Waals surface area (Å²) in [5.41, 5.74) is 5.68. The van der Waals surface area contributed by atoms with Crippen LogP contribution in [0.2, 0.25) is 5.02 Å². The summed E-state index contributed by atoms with van der Waals surface area (Å²) in [6.07, 6.45) is 0.939. The third-order valence-electron chi connectivity index (χ3n) is 2.23. The van der Waals surface area contributed by atoms with Gasteiger partial charge in [0.1, 0.15) is 18.8 Å². The van der Waals surface area contributed by atoms with E-state index in [2.05, 4.69) is 5.10 Å². The second-order valence-electron chi connectivity index (χ2n) is 3.39. The fraction of sp³-hybridized carbons (Fsp3) is 0.222. The number of benzene rings is 1. The molecular weight excluding hydrogens is 257 g/mol. The normalized spacial score (nSPS) is 15.1. The molecule has 0 bridgehead atoms. The van der Waals surface area contributed by atoms with Gasteiger partial charge in [-0.25, -0.2) is 9.40 Å². The van der Waals surface area contributed by atoms with E-state index >= 15 is 0 Å². The molecule has 1 aliphatic heterocycles. The predicted molar refractivity (Wildman–Crippen MR) is 59.5 cm³/mol. The molecule has 2 N–H and O–H groups in total. The van der Waals surface area contributed by atoms with Crippen LogP contribution in [0.25, 0.3) is 0 Å². The number of anilines is 2. The Balaban J connectivity index is 2.26. The summed E-state index contributed by atoms with van der Waals surface area (Å²) in [7, 11) is 0. The molecule has 0 atom stereocenters. The van der Waals surface area contributed by atoms with Crippen molar-refractivity contribution in [3.63, 3.8) is 0 Å². The summed E-state index contributed by atoms with van der Waals surface area (Å²) < 4.78 is 38.2. The maximum Gasteiger partial charge on any atom is 0.317 e. The van der Waals surface area contributed by atoms with Gasteiger partial charge in [0.2, 0.25) is 0 Å². The lowest BCUT2D eigenvalue weighted by Crippen LogP contribution is -2.30. The van der Waals surface area contributed by atoms with Crippen LogP contribution in [-0.4, -0.2) is 24.5 Å². The van der Waals surface area contributed by atoms with E-state index in [9.17, 15) is 13.2 Å². The van der Waals surface area contributed by atoms with E-state index in [1.807, 2.05) is 0 Å². The van der Waals surface area contributed by atoms with Crippen molar-refractivity contribution in [1.82, 2.24) is 4.90 Å². The van der Waals surface area contributed by atoms with Crippen LogP contribution in [0, 0.1) is 5.82 Å². The minimum atomic E-state index is -2.68. The Bertz CT molecular complexity index is 466. The van der Waals surface area contributed by atoms with Crippen LogP contribution in [-0.2, 0) is 0 Å². The van der Waals surface area contributed by atoms with Gasteiger partial charge in [0, 0.05) is 0 Å². The molecule has 8 heteroatoms. The van der Waals surface area contributed by atoms with E-state index in [1.54, 1.807) is 0 Å². The maximum absolute atomic E-state index is 13.5. The van der Waals surface area contributed by atoms with Gasteiger partial charge < -0.3 is 5.73 Å². The van der Waals surface area contributed by atoms with Gasteiger partial charge in [-0.05, 0) is 12.1 Å². The zero-order valence-corrected chi connectivity index (χ0v) is 9.20. The second-order valence-corrected chi connectivity index (χ2v) is 3.80. The van der Waals surface area contributed by atoms with E-state index in [-0.39, 0.29) is 23.1 Å². The van der Waals surface area contributed by atoms with Crippen molar-refractivity contribution in [2.45, 2.75) is 6.55 Å². The Morgan fingerprint density at radius 2 is 2.12 bits per heavy atom. The highest BCUT2D eigenvalue weighted by Crippen LogP contribution is 2.30. The van der Waals surface area contributed by atoms with Crippen molar-refractivity contribution in [2.75, 3.05) is 17.4 Å². The Morgan fingerprint density at radius 3 is 2.71 bits per heavy atom. The van der Waals surface area contributed by atoms with Crippen molar-refractivity contribution in [3.8, 4) is 0 Å². The summed E-state index contributed by atoms with van der Waals surface area (Å²) in [6.45, 7) is -2.92. The molecule has 0 amide bonds. The third-order valence-corrected chi connectivity index (χ3v) is 2.56. The zero-order valence-electron chi connectivity index (χ0n) is 8.45. The lowest BCUT2D eigenvalue weighted by atomic mass is 10.2. The molecule has 0 unspecified atom stereocenters. The lowest BCUT2D eigenvalue weighted by Gasteiger charge is -2.19. The quantitative estimate of drug-likeness (QED) is 0.659. The van der Waals surface area contributed by atoms with Crippen molar-refractivity contribution in [2.24, 2.45) is 5.10 Å². The molecule has 1 heterocycles. The monoisotopic (exact) mass is 264 g/mol. The highest BCUT2D eigenvalue weighted by Gasteiger charge is 2.24. The topological polar surface area (TPSA) is 44.9 Å². The molecule has 0 fully saturated rings. The third kappa shape index (κ3) is 2.23. The lowest BCUT2D eigenvalue weighted by molar-refractivity contribution is 0.0302. The minimum Gasteiger partial charge on any atom is -0.397 e. The van der Waals surface area contributed by atoms with E-state index in [0.717, 1.165) is 17.4 Å². The number of halogens is 4. The molecule has 0 aliphatic carbocycles. The summed E-state index contributed by atoms with van der Waals surface area (Å²) >= 11 is 5.62. The number of nitrogens with zero attached hydrogens (tertiary/aromatic N) is 3. The van der Waals surface area contributed by atoms with Crippen molar-refractivity contribution < 1.29 is 13.2 Å². The van der Waals surface area contributed by atoms with Gasteiger partial charge in [0.05, 0.1) is 16.4 Å². The SMILES string of the molecule is Nc1cc(N2CN(C(F)F)C=N2)c(F)cc1Cl. The number of rotatable bonds is 2. The van der Waals surface area contributed by atoms with E-state index < -0.39 is 12.4 Å². The van der Waals surface area contributed by atoms with Crippen LogP contribution >= 0.6 is 11.6 Å². The molecule has 2 rings (SSSR count). The molecule has 17 heavy (non-hydrogen) atoms. The molecule has 1 aromatic rings. The Kier molecular flexibility index (Phi) is 3.01. The van der Waals surface area contributed by atoms with Crippen LogP contribution in [0.3, 0.4) is 0 Å². The first-order chi connectivity index (χ1) is 7.99. The molecule has 0 aromatic heterocycles. The predicted octanol–water partition coefficient (Wildman–Crippen LogP) is 2.31. The molecule has 92 valence electrons. The van der Waals surface area contributed by atoms with Gasteiger partial charge in [0.15, 0.2) is 0 Å². The number of hydrogen-bond donors (Lipinski definition) is 1. The molecule has 1 aromatic carbocycles. The van der Waals surface area contributed by atoms with Gasteiger partial charge >= 0.3 is 6.55 Å². The van der Waals surface area contributed by atoms with Crippen LogP contribution in [0.15, 0.2) is 17.2 Å². The largest absolute Gasteiger partial charge is 0.397 e. The van der Waals surface area contributed by atoms with Gasteiger partial charge in [-0.2, -0.15) is 13.9 Å². The van der Waals surface area contributed by atoms with Crippen LogP contribution < -0.4 is 10.7 Å². The van der Waals surface area contributed by atoms with E-state index in [1.165, 1.54) is 6.07 Å². The van der Waals surface area contributed by atoms with Crippen LogP contribution in [0.5, 0.6) is 0 Å². The molecule has 0 saturated heterocycles. The number of hydrogen-bond acceptors (Lipinski definition) is 4. The highest BCUT2D eigenvalue weighted by atomic mass is 35.5. The average Bonchev–Trinajstić information content (AvgIpc) is 2.72. The first-order valence-corrected chi connectivity index (χ1v) is 4.97. The number of nitrogens with two attached hydrogens (primary N) is 1. The molecule has 1 aliphatic rings. The number of alkyl halides is 2. The van der Waals surface area contributed by atoms with Crippen LogP contribution in [0.4, 0.5) is 24.5 Å². The molecular formula is C9H8ClF3N4. The van der Waals surface area contributed by atoms with E-state index in [4.69, 9.17) is 17.3 Å². The van der Waals surface area contributed by atoms with Gasteiger partial charge in [-0.15, -0.1) is 0 Å². The minimum absolute atomic E-state index is 0.00583. The second kappa shape index (κ2) is 4.33. The van der Waals surface area contributed by atoms with Crippen molar-refractivity contribution in [1.29, 1.82) is 0 Å². The first-order valence-electron chi connectivity index (χ1n) is 4.59. The fourth-order valence-electron chi connectivity index (χ4n) is 1.36. The summed E-state index contributed by atoms with van der Waals surface area (Å²) in [5, 5.41) is 4.80. The molecule has 0 saturated carbocycles. The number of nitrogen functional groups attached to an aromatic ring is 1. The van der Waals surface area contributed by atoms with Gasteiger partial charge in [-0.3, -0.25) is 4.90 Å². The summed E-state index contributed by atoms with van der Waals surface area (Å²) in [5.74, 6) is -0.669. The highest BCUT2D eigenvalue weighted by molar-refractivity contribution is 6.33. The number of hydrazone groups is 1. The Morgan fingerprint density at radius 1 is 1.41 bits per heavy atom. The molecule has 4 nitrogen and oxygen atoms in total. The first kappa shape index (κ1) is 11.8. The average molecular weight is 265 g/mol. The van der Waals surface area contributed by atoms with Crippen molar-refractivity contribution >= 4 is 29.3 Å². The summed E-state index contributed by atoms with van der Waals surface area (Å²) in [4.78, 5) is 0.657. The molecule has 0 radical (unpaired) electrons. The summed E-state index contributed by atoms with van der Waals surface area (Å²) in [6, 6.07) is 2.27.